The van der Waals surface area contributed by atoms with Crippen molar-refractivity contribution in [2.75, 3.05) is 20.3 Å². The number of unbranched alkanes of at least 4 members (excludes halogenated alkanes) is 1. The van der Waals surface area contributed by atoms with Gasteiger partial charge in [-0.25, -0.2) is 4.98 Å². The molecular formula is C26H28N4O3. The monoisotopic (exact) mass is 444 g/mol. The highest BCUT2D eigenvalue weighted by Crippen LogP contribution is 2.19. The Kier molecular flexibility index (Phi) is 7.53. The number of fused-ring (bicyclic) bond motifs is 1. The lowest BCUT2D eigenvalue weighted by Crippen LogP contribution is -2.27. The van der Waals surface area contributed by atoms with E-state index in [0.717, 1.165) is 47.7 Å². The van der Waals surface area contributed by atoms with Crippen LogP contribution in [0.1, 0.15) is 29.2 Å². The number of hydrogen-bond donors (Lipinski definition) is 1. The Hall–Kier alpha value is -3.87. The van der Waals surface area contributed by atoms with E-state index >= 15 is 0 Å². The van der Waals surface area contributed by atoms with E-state index in [1.54, 1.807) is 31.5 Å². The number of carbonyl (C=O) groups excluding carboxylic acids is 1. The van der Waals surface area contributed by atoms with Gasteiger partial charge in [-0.15, -0.1) is 0 Å². The number of benzene rings is 2. The second-order valence-electron chi connectivity index (χ2n) is 7.62. The minimum Gasteiger partial charge on any atom is -0.497 e. The van der Waals surface area contributed by atoms with Crippen molar-refractivity contribution in [2.45, 2.75) is 25.8 Å². The van der Waals surface area contributed by atoms with Crippen LogP contribution in [0.3, 0.4) is 0 Å². The van der Waals surface area contributed by atoms with Crippen molar-refractivity contribution < 1.29 is 14.3 Å². The number of ether oxygens (including phenoxy) is 2. The van der Waals surface area contributed by atoms with Crippen LogP contribution in [0.5, 0.6) is 11.5 Å². The third kappa shape index (κ3) is 5.88. The maximum absolute atomic E-state index is 12.3. The highest BCUT2D eigenvalue weighted by Gasteiger charge is 2.11. The number of nitrogens with one attached hydrogen (secondary N) is 1. The molecule has 0 saturated carbocycles. The first-order valence-corrected chi connectivity index (χ1v) is 11.1. The third-order valence-electron chi connectivity index (χ3n) is 5.37. The molecule has 7 nitrogen and oxygen atoms in total. The van der Waals surface area contributed by atoms with Crippen LogP contribution in [0, 0.1) is 0 Å². The molecule has 170 valence electrons. The van der Waals surface area contributed by atoms with Gasteiger partial charge >= 0.3 is 0 Å². The molecule has 0 aliphatic carbocycles. The molecule has 2 aromatic carbocycles. The largest absolute Gasteiger partial charge is 0.497 e. The Morgan fingerprint density at radius 2 is 1.76 bits per heavy atom. The normalized spacial score (nSPS) is 10.8. The highest BCUT2D eigenvalue weighted by atomic mass is 16.5. The van der Waals surface area contributed by atoms with Gasteiger partial charge in [0.2, 0.25) is 0 Å². The van der Waals surface area contributed by atoms with E-state index < -0.39 is 0 Å². The number of carbonyl (C=O) groups is 1. The zero-order chi connectivity index (χ0) is 22.9. The van der Waals surface area contributed by atoms with Gasteiger partial charge in [0, 0.05) is 25.7 Å². The van der Waals surface area contributed by atoms with Crippen LogP contribution < -0.4 is 14.8 Å². The first-order valence-electron chi connectivity index (χ1n) is 11.1. The van der Waals surface area contributed by atoms with Crippen LogP contribution >= 0.6 is 0 Å². The van der Waals surface area contributed by atoms with Crippen molar-refractivity contribution in [2.24, 2.45) is 0 Å². The number of methoxy groups -OCH3 is 1. The third-order valence-corrected chi connectivity index (χ3v) is 5.37. The molecule has 0 atom stereocenters. The van der Waals surface area contributed by atoms with Crippen molar-refractivity contribution in [3.8, 4) is 11.5 Å². The number of pyridine rings is 1. The Bertz CT molecular complexity index is 1170. The highest BCUT2D eigenvalue weighted by molar-refractivity contribution is 5.92. The van der Waals surface area contributed by atoms with Crippen LogP contribution in [-0.2, 0) is 13.0 Å². The maximum Gasteiger partial charge on any atom is 0.269 e. The summed E-state index contributed by atoms with van der Waals surface area (Å²) >= 11 is 0. The van der Waals surface area contributed by atoms with Crippen LogP contribution in [0.25, 0.3) is 11.0 Å². The topological polar surface area (TPSA) is 78.3 Å². The molecule has 4 rings (SSSR count). The molecule has 7 heteroatoms. The van der Waals surface area contributed by atoms with Crippen LogP contribution in [-0.4, -0.2) is 40.7 Å². The lowest BCUT2D eigenvalue weighted by atomic mass is 10.2. The van der Waals surface area contributed by atoms with Gasteiger partial charge in [-0.05, 0) is 61.4 Å². The molecule has 2 aromatic heterocycles. The zero-order valence-electron chi connectivity index (χ0n) is 18.7. The quantitative estimate of drug-likeness (QED) is 0.350. The summed E-state index contributed by atoms with van der Waals surface area (Å²) in [5.74, 6) is 2.45. The van der Waals surface area contributed by atoms with Gasteiger partial charge in [0.25, 0.3) is 5.91 Å². The van der Waals surface area contributed by atoms with E-state index in [-0.39, 0.29) is 5.91 Å². The average molecular weight is 445 g/mol. The van der Waals surface area contributed by atoms with E-state index in [0.29, 0.717) is 25.3 Å². The molecule has 33 heavy (non-hydrogen) atoms. The molecule has 0 spiro atoms. The molecule has 1 N–H and O–H groups in total. The van der Waals surface area contributed by atoms with Gasteiger partial charge in [-0.2, -0.15) is 0 Å². The molecular weight excluding hydrogens is 416 g/mol. The summed E-state index contributed by atoms with van der Waals surface area (Å²) in [6, 6.07) is 21.1. The van der Waals surface area contributed by atoms with Crippen molar-refractivity contribution in [3.63, 3.8) is 0 Å². The fourth-order valence-electron chi connectivity index (χ4n) is 3.68. The van der Waals surface area contributed by atoms with Crippen molar-refractivity contribution in [1.29, 1.82) is 0 Å². The first-order chi connectivity index (χ1) is 16.2. The van der Waals surface area contributed by atoms with Crippen molar-refractivity contribution >= 4 is 16.9 Å². The fourth-order valence-corrected chi connectivity index (χ4v) is 3.68. The summed E-state index contributed by atoms with van der Waals surface area (Å²) in [7, 11) is 1.65. The molecule has 0 fully saturated rings. The number of para-hydroxylation sites is 2. The van der Waals surface area contributed by atoms with E-state index in [1.807, 2.05) is 42.5 Å². The summed E-state index contributed by atoms with van der Waals surface area (Å²) in [4.78, 5) is 21.2. The summed E-state index contributed by atoms with van der Waals surface area (Å²) in [6.45, 7) is 1.99. The molecule has 4 aromatic rings. The average Bonchev–Trinajstić information content (AvgIpc) is 3.22. The van der Waals surface area contributed by atoms with Gasteiger partial charge in [0.15, 0.2) is 0 Å². The molecule has 1 amide bonds. The Balaban J connectivity index is 1.31. The van der Waals surface area contributed by atoms with Crippen molar-refractivity contribution in [1.82, 2.24) is 19.9 Å². The van der Waals surface area contributed by atoms with E-state index in [2.05, 4.69) is 20.9 Å². The number of amides is 1. The zero-order valence-corrected chi connectivity index (χ0v) is 18.7. The summed E-state index contributed by atoms with van der Waals surface area (Å²) < 4.78 is 13.3. The first kappa shape index (κ1) is 22.3. The molecule has 0 bridgehead atoms. The lowest BCUT2D eigenvalue weighted by Gasteiger charge is -2.11. The minimum absolute atomic E-state index is 0.172. The molecule has 2 heterocycles. The standard InChI is InChI=1S/C26H28N4O3/c1-32-20-11-13-21(14-12-20)33-19-7-6-18-30-24-10-3-2-8-22(24)29-25(30)15-17-28-26(31)23-9-4-5-16-27-23/h2-5,8-14,16H,6-7,15,17-19H2,1H3,(H,28,31). The number of nitrogens with zero attached hydrogens (tertiary/aromatic N) is 3. The second kappa shape index (κ2) is 11.1. The molecule has 0 radical (unpaired) electrons. The Morgan fingerprint density at radius 3 is 2.55 bits per heavy atom. The second-order valence-corrected chi connectivity index (χ2v) is 7.62. The predicted octanol–water partition coefficient (Wildman–Crippen LogP) is 4.27. The maximum atomic E-state index is 12.3. The van der Waals surface area contributed by atoms with Crippen LogP contribution in [0.2, 0.25) is 0 Å². The van der Waals surface area contributed by atoms with E-state index in [1.165, 1.54) is 0 Å². The van der Waals surface area contributed by atoms with Gasteiger partial charge in [0.05, 0.1) is 24.8 Å². The number of aromatic nitrogens is 3. The summed E-state index contributed by atoms with van der Waals surface area (Å²) in [5, 5.41) is 2.94. The minimum atomic E-state index is -0.172. The van der Waals surface area contributed by atoms with Gasteiger partial charge in [0.1, 0.15) is 23.0 Å². The van der Waals surface area contributed by atoms with Gasteiger partial charge < -0.3 is 19.4 Å². The summed E-state index contributed by atoms with van der Waals surface area (Å²) in [5.41, 5.74) is 2.50. The summed E-state index contributed by atoms with van der Waals surface area (Å²) in [6.07, 6.45) is 4.15. The Labute approximate surface area is 193 Å². The fraction of sp³-hybridized carbons (Fsp3) is 0.269. The molecule has 0 aliphatic rings. The number of imidazole rings is 1. The number of aryl methyl sites for hydroxylation is 1. The predicted molar refractivity (Wildman–Crippen MR) is 128 cm³/mol. The molecule has 0 aliphatic heterocycles. The van der Waals surface area contributed by atoms with E-state index in [9.17, 15) is 4.79 Å². The number of rotatable bonds is 11. The van der Waals surface area contributed by atoms with Gasteiger partial charge in [-0.1, -0.05) is 18.2 Å². The van der Waals surface area contributed by atoms with Crippen LogP contribution in [0.4, 0.5) is 0 Å². The molecule has 0 unspecified atom stereocenters. The smallest absolute Gasteiger partial charge is 0.269 e. The SMILES string of the molecule is COc1ccc(OCCCCn2c(CCNC(=O)c3ccccn3)nc3ccccc32)cc1. The Morgan fingerprint density at radius 1 is 0.970 bits per heavy atom. The lowest BCUT2D eigenvalue weighted by molar-refractivity contribution is 0.0949. The van der Waals surface area contributed by atoms with Crippen LogP contribution in [0.15, 0.2) is 72.9 Å². The molecule has 0 saturated heterocycles. The van der Waals surface area contributed by atoms with Crippen molar-refractivity contribution in [3.05, 3.63) is 84.4 Å². The number of hydrogen-bond acceptors (Lipinski definition) is 5. The van der Waals surface area contributed by atoms with E-state index in [4.69, 9.17) is 14.5 Å². The van der Waals surface area contributed by atoms with Gasteiger partial charge in [-0.3, -0.25) is 9.78 Å².